The van der Waals surface area contributed by atoms with Crippen LogP contribution in [-0.4, -0.2) is 24.1 Å². The summed E-state index contributed by atoms with van der Waals surface area (Å²) < 4.78 is 19.7. The molecule has 0 amide bonds. The highest BCUT2D eigenvalue weighted by Crippen LogP contribution is 2.26. The van der Waals surface area contributed by atoms with Gasteiger partial charge in [0.15, 0.2) is 0 Å². The van der Waals surface area contributed by atoms with E-state index >= 15 is 0 Å². The van der Waals surface area contributed by atoms with Crippen LogP contribution >= 0.6 is 27.7 Å². The van der Waals surface area contributed by atoms with E-state index < -0.39 is 6.10 Å². The molecule has 5 heteroatoms. The Hall–Kier alpha value is -1.04. The summed E-state index contributed by atoms with van der Waals surface area (Å²) in [5, 5.41) is 10.2. The fourth-order valence-corrected chi connectivity index (χ4v) is 3.25. The molecule has 2 aromatic carbocycles. The van der Waals surface area contributed by atoms with Gasteiger partial charge in [-0.3, -0.25) is 0 Å². The first-order valence-electron chi connectivity index (χ1n) is 6.48. The lowest BCUT2D eigenvalue weighted by atomic mass is 10.1. The molecule has 0 aliphatic rings. The predicted molar refractivity (Wildman–Crippen MR) is 87.5 cm³/mol. The molecule has 0 aliphatic heterocycles. The second kappa shape index (κ2) is 7.82. The molecule has 2 rings (SSSR count). The molecule has 0 bridgehead atoms. The predicted octanol–water partition coefficient (Wildman–Crippen LogP) is 4.29. The molecule has 0 spiro atoms. The van der Waals surface area contributed by atoms with Crippen LogP contribution in [0.5, 0.6) is 5.75 Å². The smallest absolute Gasteiger partial charge is 0.136 e. The number of methoxy groups -OCH3 is 1. The van der Waals surface area contributed by atoms with Gasteiger partial charge in [0.25, 0.3) is 0 Å². The van der Waals surface area contributed by atoms with Gasteiger partial charge in [-0.05, 0) is 35.9 Å². The molecule has 112 valence electrons. The Kier molecular flexibility index (Phi) is 6.08. The summed E-state index contributed by atoms with van der Waals surface area (Å²) in [5.74, 6) is 0.916. The summed E-state index contributed by atoms with van der Waals surface area (Å²) in [6.45, 7) is 0. The fraction of sp³-hybridized carbons (Fsp3) is 0.250. The van der Waals surface area contributed by atoms with Crippen LogP contribution in [0.3, 0.4) is 0 Å². The number of aliphatic hydroxyl groups excluding tert-OH is 1. The van der Waals surface area contributed by atoms with E-state index in [2.05, 4.69) is 15.9 Å². The Bertz CT molecular complexity index is 607. The van der Waals surface area contributed by atoms with Crippen molar-refractivity contribution < 1.29 is 14.2 Å². The van der Waals surface area contributed by atoms with Crippen molar-refractivity contribution in [2.24, 2.45) is 0 Å². The molecule has 0 heterocycles. The van der Waals surface area contributed by atoms with Crippen LogP contribution in [0, 0.1) is 5.82 Å². The highest BCUT2D eigenvalue weighted by atomic mass is 79.9. The molecule has 0 radical (unpaired) electrons. The minimum Gasteiger partial charge on any atom is -0.496 e. The van der Waals surface area contributed by atoms with Gasteiger partial charge in [-0.25, -0.2) is 4.39 Å². The summed E-state index contributed by atoms with van der Waals surface area (Å²) in [6, 6.07) is 12.3. The van der Waals surface area contributed by atoms with Crippen LogP contribution < -0.4 is 4.74 Å². The number of aliphatic hydroxyl groups is 1. The minimum absolute atomic E-state index is 0.255. The van der Waals surface area contributed by atoms with Crippen LogP contribution in [-0.2, 0) is 6.42 Å². The van der Waals surface area contributed by atoms with Crippen molar-refractivity contribution in [3.8, 4) is 5.75 Å². The molecule has 0 saturated heterocycles. The molecule has 2 nitrogen and oxygen atoms in total. The van der Waals surface area contributed by atoms with Crippen LogP contribution in [0.4, 0.5) is 4.39 Å². The molecule has 1 unspecified atom stereocenters. The van der Waals surface area contributed by atoms with Gasteiger partial charge in [-0.15, -0.1) is 11.8 Å². The second-order valence-electron chi connectivity index (χ2n) is 4.56. The third-order valence-corrected chi connectivity index (χ3v) is 4.65. The number of hydrogen-bond acceptors (Lipinski definition) is 3. The molecule has 21 heavy (non-hydrogen) atoms. The standard InChI is InChI=1S/C16H16BrFO2S/c1-20-15-7-6-12(17)8-11(15)9-13(19)10-21-16-5-3-2-4-14(16)18/h2-8,13,19H,9-10H2,1H3. The first-order chi connectivity index (χ1) is 10.1. The maximum Gasteiger partial charge on any atom is 0.136 e. The van der Waals surface area contributed by atoms with Crippen LogP contribution in [0.2, 0.25) is 0 Å². The van der Waals surface area contributed by atoms with Gasteiger partial charge in [0.1, 0.15) is 11.6 Å². The molecule has 2 aromatic rings. The minimum atomic E-state index is -0.571. The number of hydrogen-bond donors (Lipinski definition) is 1. The maximum atomic E-state index is 13.5. The van der Waals surface area contributed by atoms with E-state index in [9.17, 15) is 9.50 Å². The quantitative estimate of drug-likeness (QED) is 0.769. The summed E-state index contributed by atoms with van der Waals surface area (Å²) >= 11 is 4.72. The van der Waals surface area contributed by atoms with Gasteiger partial charge in [0.05, 0.1) is 13.2 Å². The zero-order valence-electron chi connectivity index (χ0n) is 11.6. The Labute approximate surface area is 136 Å². The Balaban J connectivity index is 1.97. The van der Waals surface area contributed by atoms with Crippen LogP contribution in [0.15, 0.2) is 51.8 Å². The van der Waals surface area contributed by atoms with Crippen molar-refractivity contribution in [1.29, 1.82) is 0 Å². The van der Waals surface area contributed by atoms with Gasteiger partial charge >= 0.3 is 0 Å². The first kappa shape index (κ1) is 16.3. The second-order valence-corrected chi connectivity index (χ2v) is 6.53. The molecule has 0 saturated carbocycles. The van der Waals surface area contributed by atoms with Crippen LogP contribution in [0.1, 0.15) is 5.56 Å². The molecule has 1 N–H and O–H groups in total. The maximum absolute atomic E-state index is 13.5. The van der Waals surface area contributed by atoms with E-state index in [0.717, 1.165) is 15.8 Å². The van der Waals surface area contributed by atoms with E-state index in [1.54, 1.807) is 25.3 Å². The molecule has 0 fully saturated rings. The van der Waals surface area contributed by atoms with Crippen molar-refractivity contribution in [3.63, 3.8) is 0 Å². The zero-order valence-corrected chi connectivity index (χ0v) is 14.0. The van der Waals surface area contributed by atoms with E-state index in [1.165, 1.54) is 17.8 Å². The summed E-state index contributed by atoms with van der Waals surface area (Å²) in [6.07, 6.45) is -0.109. The average Bonchev–Trinajstić information content (AvgIpc) is 2.47. The molecular weight excluding hydrogens is 355 g/mol. The zero-order chi connectivity index (χ0) is 15.2. The first-order valence-corrected chi connectivity index (χ1v) is 8.26. The molecule has 0 aromatic heterocycles. The van der Waals surface area contributed by atoms with Crippen molar-refractivity contribution in [1.82, 2.24) is 0 Å². The lowest BCUT2D eigenvalue weighted by Crippen LogP contribution is -2.14. The number of thioether (sulfide) groups is 1. The number of rotatable bonds is 6. The lowest BCUT2D eigenvalue weighted by molar-refractivity contribution is 0.198. The number of ether oxygens (including phenoxy) is 1. The SMILES string of the molecule is COc1ccc(Br)cc1CC(O)CSc1ccccc1F. The van der Waals surface area contributed by atoms with Crippen molar-refractivity contribution in [2.45, 2.75) is 17.4 Å². The van der Waals surface area contributed by atoms with Gasteiger partial charge in [-0.2, -0.15) is 0 Å². The van der Waals surface area contributed by atoms with Gasteiger partial charge in [0.2, 0.25) is 0 Å². The monoisotopic (exact) mass is 370 g/mol. The number of benzene rings is 2. The Morgan fingerprint density at radius 1 is 1.29 bits per heavy atom. The van der Waals surface area contributed by atoms with E-state index in [4.69, 9.17) is 4.74 Å². The van der Waals surface area contributed by atoms with Crippen molar-refractivity contribution >= 4 is 27.7 Å². The van der Waals surface area contributed by atoms with E-state index in [1.807, 2.05) is 18.2 Å². The Morgan fingerprint density at radius 2 is 2.05 bits per heavy atom. The molecule has 0 aliphatic carbocycles. The molecular formula is C16H16BrFO2S. The van der Waals surface area contributed by atoms with E-state index in [-0.39, 0.29) is 5.82 Å². The Morgan fingerprint density at radius 3 is 2.76 bits per heavy atom. The summed E-state index contributed by atoms with van der Waals surface area (Å²) in [5.41, 5.74) is 0.925. The van der Waals surface area contributed by atoms with Crippen LogP contribution in [0.25, 0.3) is 0 Å². The largest absolute Gasteiger partial charge is 0.496 e. The normalized spacial score (nSPS) is 12.2. The third kappa shape index (κ3) is 4.73. The van der Waals surface area contributed by atoms with Gasteiger partial charge < -0.3 is 9.84 Å². The molecule has 1 atom stereocenters. The average molecular weight is 371 g/mol. The highest BCUT2D eigenvalue weighted by Gasteiger charge is 2.12. The van der Waals surface area contributed by atoms with Gasteiger partial charge in [-0.1, -0.05) is 28.1 Å². The van der Waals surface area contributed by atoms with E-state index in [0.29, 0.717) is 17.1 Å². The highest BCUT2D eigenvalue weighted by molar-refractivity contribution is 9.10. The van der Waals surface area contributed by atoms with Gasteiger partial charge in [0, 0.05) is 21.5 Å². The summed E-state index contributed by atoms with van der Waals surface area (Å²) in [7, 11) is 1.60. The topological polar surface area (TPSA) is 29.5 Å². The third-order valence-electron chi connectivity index (χ3n) is 2.97. The van der Waals surface area contributed by atoms with Crippen molar-refractivity contribution in [3.05, 3.63) is 58.3 Å². The lowest BCUT2D eigenvalue weighted by Gasteiger charge is -2.14. The number of halogens is 2. The fourth-order valence-electron chi connectivity index (χ4n) is 1.97. The van der Waals surface area contributed by atoms with Crippen molar-refractivity contribution in [2.75, 3.05) is 12.9 Å². The summed E-state index contributed by atoms with van der Waals surface area (Å²) in [4.78, 5) is 0.553.